The van der Waals surface area contributed by atoms with E-state index < -0.39 is 26.3 Å². The lowest BCUT2D eigenvalue weighted by atomic mass is 10.2. The minimum atomic E-state index is -3.61. The van der Waals surface area contributed by atoms with Crippen molar-refractivity contribution in [1.82, 2.24) is 17.8 Å². The highest BCUT2D eigenvalue weighted by molar-refractivity contribution is 7.88. The van der Waals surface area contributed by atoms with Gasteiger partial charge in [-0.3, -0.25) is 4.79 Å². The number of nitrogens with zero attached hydrogens (tertiary/aromatic N) is 4. The molecular formula is C16H30N4O6S2. The molecule has 0 aromatic carbocycles. The van der Waals surface area contributed by atoms with Gasteiger partial charge in [-0.15, -0.1) is 0 Å². The van der Waals surface area contributed by atoms with Crippen molar-refractivity contribution in [3.8, 4) is 0 Å². The largest absolute Gasteiger partial charge is 0.373 e. The van der Waals surface area contributed by atoms with Crippen molar-refractivity contribution >= 4 is 26.1 Å². The van der Waals surface area contributed by atoms with E-state index in [1.807, 2.05) is 13.8 Å². The van der Waals surface area contributed by atoms with Gasteiger partial charge in [0, 0.05) is 45.8 Å². The van der Waals surface area contributed by atoms with E-state index in [0.717, 1.165) is 6.26 Å². The normalized spacial score (nSPS) is 32.0. The zero-order valence-corrected chi connectivity index (χ0v) is 18.3. The fourth-order valence-electron chi connectivity index (χ4n) is 4.22. The Bertz CT molecular complexity index is 784. The molecule has 3 heterocycles. The monoisotopic (exact) mass is 438 g/mol. The van der Waals surface area contributed by atoms with E-state index in [4.69, 9.17) is 4.74 Å². The van der Waals surface area contributed by atoms with E-state index in [0.29, 0.717) is 32.5 Å². The molecule has 0 N–H and O–H groups in total. The zero-order chi connectivity index (χ0) is 20.7. The average molecular weight is 439 g/mol. The zero-order valence-electron chi connectivity index (χ0n) is 16.7. The highest BCUT2D eigenvalue weighted by Crippen LogP contribution is 2.24. The maximum Gasteiger partial charge on any atom is 0.282 e. The average Bonchev–Trinajstić information content (AvgIpc) is 3.10. The minimum absolute atomic E-state index is 0.161. The summed E-state index contributed by atoms with van der Waals surface area (Å²) in [6.07, 6.45) is 1.96. The van der Waals surface area contributed by atoms with Crippen LogP contribution < -0.4 is 0 Å². The van der Waals surface area contributed by atoms with Gasteiger partial charge >= 0.3 is 0 Å². The molecule has 0 aliphatic carbocycles. The number of amides is 1. The van der Waals surface area contributed by atoms with Crippen LogP contribution in [0.2, 0.25) is 0 Å². The summed E-state index contributed by atoms with van der Waals surface area (Å²) in [5, 5.41) is 0. The molecule has 28 heavy (non-hydrogen) atoms. The van der Waals surface area contributed by atoms with Gasteiger partial charge < -0.3 is 9.64 Å². The Labute approximate surface area is 167 Å². The third kappa shape index (κ3) is 4.51. The van der Waals surface area contributed by atoms with Crippen LogP contribution in [0.25, 0.3) is 0 Å². The van der Waals surface area contributed by atoms with Gasteiger partial charge in [-0.1, -0.05) is 0 Å². The molecule has 0 saturated carbocycles. The molecule has 0 radical (unpaired) electrons. The Morgan fingerprint density at radius 2 is 1.46 bits per heavy atom. The van der Waals surface area contributed by atoms with Crippen LogP contribution in [-0.2, 0) is 29.8 Å². The van der Waals surface area contributed by atoms with E-state index in [1.54, 1.807) is 4.90 Å². The first kappa shape index (κ1) is 21.9. The van der Waals surface area contributed by atoms with Crippen molar-refractivity contribution in [2.24, 2.45) is 0 Å². The Hall–Kier alpha value is -0.790. The van der Waals surface area contributed by atoms with Crippen molar-refractivity contribution in [1.29, 1.82) is 0 Å². The molecule has 0 spiro atoms. The molecule has 0 bridgehead atoms. The third-order valence-corrected chi connectivity index (χ3v) is 8.76. The van der Waals surface area contributed by atoms with Crippen molar-refractivity contribution in [2.75, 3.05) is 52.1 Å². The number of hydrogen-bond donors (Lipinski definition) is 0. The van der Waals surface area contributed by atoms with Crippen LogP contribution in [0.3, 0.4) is 0 Å². The number of carbonyl (C=O) groups excluding carboxylic acids is 1. The van der Waals surface area contributed by atoms with Crippen LogP contribution in [0.1, 0.15) is 26.7 Å². The molecule has 3 rings (SSSR count). The highest BCUT2D eigenvalue weighted by Gasteiger charge is 2.41. The lowest BCUT2D eigenvalue weighted by molar-refractivity contribution is -0.135. The van der Waals surface area contributed by atoms with Crippen LogP contribution in [-0.4, -0.2) is 111 Å². The number of hydrogen-bond acceptors (Lipinski definition) is 6. The van der Waals surface area contributed by atoms with Crippen LogP contribution >= 0.6 is 0 Å². The van der Waals surface area contributed by atoms with Gasteiger partial charge in [-0.05, 0) is 26.7 Å². The van der Waals surface area contributed by atoms with Crippen LogP contribution in [0, 0.1) is 0 Å². The lowest BCUT2D eigenvalue weighted by Gasteiger charge is -2.41. The molecule has 3 fully saturated rings. The second-order valence-corrected chi connectivity index (χ2v) is 11.7. The van der Waals surface area contributed by atoms with Crippen molar-refractivity contribution in [3.05, 3.63) is 0 Å². The number of piperazine rings is 1. The van der Waals surface area contributed by atoms with Crippen LogP contribution in [0.5, 0.6) is 0 Å². The predicted molar refractivity (Wildman–Crippen MR) is 103 cm³/mol. The highest BCUT2D eigenvalue weighted by atomic mass is 32.2. The summed E-state index contributed by atoms with van der Waals surface area (Å²) in [7, 11) is -7.04. The summed E-state index contributed by atoms with van der Waals surface area (Å²) in [6, 6.07) is -0.668. The van der Waals surface area contributed by atoms with Crippen molar-refractivity contribution in [3.63, 3.8) is 0 Å². The first-order chi connectivity index (χ1) is 13.0. The number of morpholine rings is 1. The van der Waals surface area contributed by atoms with Gasteiger partial charge in [-0.2, -0.15) is 21.3 Å². The smallest absolute Gasteiger partial charge is 0.282 e. The number of sulfonamides is 1. The number of carbonyl (C=O) groups is 1. The molecule has 3 atom stereocenters. The van der Waals surface area contributed by atoms with Crippen LogP contribution in [0.15, 0.2) is 0 Å². The van der Waals surface area contributed by atoms with Gasteiger partial charge in [0.1, 0.15) is 6.04 Å². The molecule has 3 saturated heterocycles. The first-order valence-electron chi connectivity index (χ1n) is 9.66. The summed E-state index contributed by atoms with van der Waals surface area (Å²) in [5.74, 6) is -0.228. The molecule has 3 unspecified atom stereocenters. The van der Waals surface area contributed by atoms with E-state index in [1.165, 1.54) is 12.9 Å². The molecule has 12 heteroatoms. The summed E-state index contributed by atoms with van der Waals surface area (Å²) in [5.41, 5.74) is 0. The molecule has 0 aromatic rings. The fourth-order valence-corrected chi connectivity index (χ4v) is 7.08. The number of ether oxygens (including phenoxy) is 1. The van der Waals surface area contributed by atoms with E-state index in [-0.39, 0.29) is 44.3 Å². The Balaban J connectivity index is 1.62. The Kier molecular flexibility index (Phi) is 6.38. The maximum absolute atomic E-state index is 13.0. The Morgan fingerprint density at radius 3 is 2.00 bits per heavy atom. The third-order valence-electron chi connectivity index (χ3n) is 5.50. The SMILES string of the molecule is CC1CN(S(=O)(=O)N2CCN(C(=O)C3CCCN3S(C)(=O)=O)CC2)CC(C)O1. The molecule has 0 aromatic heterocycles. The molecule has 10 nitrogen and oxygen atoms in total. The molecule has 3 aliphatic heterocycles. The van der Waals surface area contributed by atoms with Gasteiger partial charge in [-0.25, -0.2) is 8.42 Å². The summed E-state index contributed by atoms with van der Waals surface area (Å²) in [4.78, 5) is 14.4. The van der Waals surface area contributed by atoms with E-state index in [9.17, 15) is 21.6 Å². The maximum atomic E-state index is 13.0. The quantitative estimate of drug-likeness (QED) is 0.552. The van der Waals surface area contributed by atoms with Gasteiger partial charge in [0.25, 0.3) is 10.2 Å². The predicted octanol–water partition coefficient (Wildman–Crippen LogP) is -1.09. The standard InChI is InChI=1S/C16H30N4O6S2/c1-13-11-19(12-14(2)26-13)28(24,25)18-9-7-17(8-10-18)16(21)15-5-4-6-20(15)27(3,22)23/h13-15H,4-12H2,1-3H3. The topological polar surface area (TPSA) is 108 Å². The first-order valence-corrected chi connectivity index (χ1v) is 12.9. The summed E-state index contributed by atoms with van der Waals surface area (Å²) in [6.45, 7) is 5.64. The molecule has 162 valence electrons. The second kappa shape index (κ2) is 8.15. The van der Waals surface area contributed by atoms with Crippen LogP contribution in [0.4, 0.5) is 0 Å². The van der Waals surface area contributed by atoms with Gasteiger partial charge in [0.2, 0.25) is 15.9 Å². The minimum Gasteiger partial charge on any atom is -0.373 e. The van der Waals surface area contributed by atoms with Gasteiger partial charge in [0.15, 0.2) is 0 Å². The molecule has 3 aliphatic rings. The lowest BCUT2D eigenvalue weighted by Crippen LogP contribution is -2.59. The fraction of sp³-hybridized carbons (Fsp3) is 0.938. The van der Waals surface area contributed by atoms with E-state index >= 15 is 0 Å². The molecular weight excluding hydrogens is 408 g/mol. The second-order valence-electron chi connectivity index (χ2n) is 7.84. The molecule has 1 amide bonds. The van der Waals surface area contributed by atoms with Crippen molar-refractivity contribution < 1.29 is 26.4 Å². The van der Waals surface area contributed by atoms with Crippen molar-refractivity contribution in [2.45, 2.75) is 44.9 Å². The van der Waals surface area contributed by atoms with E-state index in [2.05, 4.69) is 0 Å². The van der Waals surface area contributed by atoms with Gasteiger partial charge in [0.05, 0.1) is 18.5 Å². The summed E-state index contributed by atoms with van der Waals surface area (Å²) >= 11 is 0. The Morgan fingerprint density at radius 1 is 0.893 bits per heavy atom. The summed E-state index contributed by atoms with van der Waals surface area (Å²) < 4.78 is 59.4. The number of rotatable bonds is 4.